The maximum absolute atomic E-state index is 5.81. The number of ether oxygens (including phenoxy) is 1. The van der Waals surface area contributed by atoms with Gasteiger partial charge in [0.25, 0.3) is 5.82 Å². The first-order chi connectivity index (χ1) is 9.07. The zero-order valence-electron chi connectivity index (χ0n) is 11.7. The molecular weight excluding hydrogens is 242 g/mol. The van der Waals surface area contributed by atoms with Crippen molar-refractivity contribution in [3.63, 3.8) is 0 Å². The number of hydrogen-bond acceptors (Lipinski definition) is 4. The van der Waals surface area contributed by atoms with Gasteiger partial charge in [0.2, 0.25) is 0 Å². The molecule has 1 atom stereocenters. The molecule has 0 aromatic carbocycles. The van der Waals surface area contributed by atoms with E-state index in [4.69, 9.17) is 4.74 Å². The van der Waals surface area contributed by atoms with E-state index in [9.17, 15) is 0 Å². The third-order valence-corrected chi connectivity index (χ3v) is 3.44. The van der Waals surface area contributed by atoms with Crippen molar-refractivity contribution in [2.75, 3.05) is 27.7 Å². The monoisotopic (exact) mass is 262 g/mol. The minimum Gasteiger partial charge on any atom is -0.358 e. The molecule has 2 aromatic rings. The lowest BCUT2D eigenvalue weighted by atomic mass is 10.2. The molecule has 0 spiro atoms. The van der Waals surface area contributed by atoms with Crippen LogP contribution in [0.3, 0.4) is 0 Å². The molecule has 0 saturated carbocycles. The maximum Gasteiger partial charge on any atom is 0.258 e. The Kier molecular flexibility index (Phi) is 2.99. The zero-order chi connectivity index (χ0) is 13.5. The van der Waals surface area contributed by atoms with Crippen molar-refractivity contribution < 1.29 is 4.74 Å². The van der Waals surface area contributed by atoms with E-state index in [1.54, 1.807) is 6.33 Å². The van der Waals surface area contributed by atoms with Gasteiger partial charge in [0.05, 0.1) is 27.5 Å². The number of quaternary nitrogens is 1. The van der Waals surface area contributed by atoms with Gasteiger partial charge in [-0.1, -0.05) is 0 Å². The molecule has 0 unspecified atom stereocenters. The average Bonchev–Trinajstić information content (AvgIpc) is 2.82. The summed E-state index contributed by atoms with van der Waals surface area (Å²) < 4.78 is 8.48. The van der Waals surface area contributed by atoms with Gasteiger partial charge in [0.1, 0.15) is 12.6 Å². The van der Waals surface area contributed by atoms with Crippen LogP contribution in [0.2, 0.25) is 0 Å². The summed E-state index contributed by atoms with van der Waals surface area (Å²) >= 11 is 0. The highest BCUT2D eigenvalue weighted by molar-refractivity contribution is 5.81. The first-order valence-corrected chi connectivity index (χ1v) is 6.68. The predicted molar refractivity (Wildman–Crippen MR) is 73.7 cm³/mol. The summed E-state index contributed by atoms with van der Waals surface area (Å²) in [4.78, 5) is 13.3. The summed E-state index contributed by atoms with van der Waals surface area (Å²) in [5.74, 6) is 0.930. The molecule has 0 bridgehead atoms. The number of fused-ring (bicyclic) bond motifs is 1. The average molecular weight is 262 g/mol. The molecule has 19 heavy (non-hydrogen) atoms. The number of aromatic nitrogens is 4. The molecule has 0 amide bonds. The van der Waals surface area contributed by atoms with Crippen molar-refractivity contribution in [2.45, 2.75) is 25.5 Å². The van der Waals surface area contributed by atoms with Gasteiger partial charge in [-0.15, -0.1) is 0 Å². The Morgan fingerprint density at radius 2 is 2.05 bits per heavy atom. The second-order valence-electron chi connectivity index (χ2n) is 5.86. The molecule has 0 radical (unpaired) electrons. The molecule has 0 N–H and O–H groups in total. The SMILES string of the molecule is C[N+](C)(C)c1ncnc2c1ncn2[C@@H]1CCCCO1. The van der Waals surface area contributed by atoms with Gasteiger partial charge >= 0.3 is 0 Å². The maximum atomic E-state index is 5.81. The van der Waals surface area contributed by atoms with E-state index in [2.05, 4.69) is 36.1 Å². The number of imidazole rings is 1. The molecule has 102 valence electrons. The fourth-order valence-corrected chi connectivity index (χ4v) is 2.48. The fourth-order valence-electron chi connectivity index (χ4n) is 2.48. The number of rotatable bonds is 2. The minimum absolute atomic E-state index is 0.0639. The summed E-state index contributed by atoms with van der Waals surface area (Å²) in [6.07, 6.45) is 6.86. The second kappa shape index (κ2) is 4.54. The molecule has 3 heterocycles. The van der Waals surface area contributed by atoms with Gasteiger partial charge in [-0.25, -0.2) is 9.97 Å². The molecule has 6 heteroatoms. The molecule has 1 aliphatic heterocycles. The summed E-state index contributed by atoms with van der Waals surface area (Å²) in [6, 6.07) is 0. The molecular formula is C13H20N5O+. The Balaban J connectivity index is 2.08. The molecule has 6 nitrogen and oxygen atoms in total. The van der Waals surface area contributed by atoms with Crippen LogP contribution in [-0.2, 0) is 4.74 Å². The van der Waals surface area contributed by atoms with Crippen LogP contribution in [0.1, 0.15) is 25.5 Å². The number of hydrogen-bond donors (Lipinski definition) is 0. The Morgan fingerprint density at radius 3 is 2.74 bits per heavy atom. The van der Waals surface area contributed by atoms with Gasteiger partial charge in [0.15, 0.2) is 11.2 Å². The van der Waals surface area contributed by atoms with Crippen LogP contribution >= 0.6 is 0 Å². The molecule has 2 aromatic heterocycles. The van der Waals surface area contributed by atoms with E-state index < -0.39 is 0 Å². The van der Waals surface area contributed by atoms with Gasteiger partial charge in [0, 0.05) is 6.61 Å². The Labute approximate surface area is 112 Å². The summed E-state index contributed by atoms with van der Waals surface area (Å²) in [5, 5.41) is 0. The summed E-state index contributed by atoms with van der Waals surface area (Å²) in [7, 11) is 6.24. The Morgan fingerprint density at radius 1 is 1.21 bits per heavy atom. The lowest BCUT2D eigenvalue weighted by Gasteiger charge is -2.24. The van der Waals surface area contributed by atoms with E-state index >= 15 is 0 Å². The molecule has 1 saturated heterocycles. The van der Waals surface area contributed by atoms with Crippen molar-refractivity contribution in [3.8, 4) is 0 Å². The summed E-state index contributed by atoms with van der Waals surface area (Å²) in [5.41, 5.74) is 1.73. The van der Waals surface area contributed by atoms with Crippen molar-refractivity contribution >= 4 is 17.0 Å². The molecule has 0 aliphatic carbocycles. The van der Waals surface area contributed by atoms with Crippen LogP contribution in [0.15, 0.2) is 12.7 Å². The van der Waals surface area contributed by atoms with Crippen LogP contribution in [0.4, 0.5) is 5.82 Å². The standard InChI is InChI=1S/C13H20N5O/c1-18(2,3)13-11-12(14-8-15-13)17(9-16-11)10-6-4-5-7-19-10/h8-10H,4-7H2,1-3H3/q+1/t10-/m0/s1. The predicted octanol–water partition coefficient (Wildman–Crippen LogP) is 1.72. The van der Waals surface area contributed by atoms with Crippen molar-refractivity contribution in [2.24, 2.45) is 0 Å². The normalized spacial score (nSPS) is 20.9. The van der Waals surface area contributed by atoms with Crippen LogP contribution < -0.4 is 4.48 Å². The first kappa shape index (κ1) is 12.5. The third-order valence-electron chi connectivity index (χ3n) is 3.44. The van der Waals surface area contributed by atoms with E-state index in [-0.39, 0.29) is 6.23 Å². The van der Waals surface area contributed by atoms with Crippen LogP contribution in [0.5, 0.6) is 0 Å². The minimum atomic E-state index is 0.0639. The van der Waals surface area contributed by atoms with E-state index in [0.717, 1.165) is 36.4 Å². The van der Waals surface area contributed by atoms with E-state index in [1.807, 2.05) is 10.9 Å². The smallest absolute Gasteiger partial charge is 0.258 e. The van der Waals surface area contributed by atoms with Crippen molar-refractivity contribution in [1.82, 2.24) is 24.0 Å². The van der Waals surface area contributed by atoms with E-state index in [1.165, 1.54) is 6.42 Å². The Bertz CT molecular complexity index is 580. The van der Waals surface area contributed by atoms with Gasteiger partial charge in [-0.05, 0) is 19.3 Å². The first-order valence-electron chi connectivity index (χ1n) is 6.68. The highest BCUT2D eigenvalue weighted by Gasteiger charge is 2.25. The van der Waals surface area contributed by atoms with Crippen molar-refractivity contribution in [1.29, 1.82) is 0 Å². The van der Waals surface area contributed by atoms with Gasteiger partial charge in [-0.2, -0.15) is 4.98 Å². The zero-order valence-corrected chi connectivity index (χ0v) is 11.7. The fraction of sp³-hybridized carbons (Fsp3) is 0.615. The molecule has 3 rings (SSSR count). The second-order valence-corrected chi connectivity index (χ2v) is 5.86. The lowest BCUT2D eigenvalue weighted by molar-refractivity contribution is -0.0298. The number of nitrogens with zero attached hydrogens (tertiary/aromatic N) is 5. The largest absolute Gasteiger partial charge is 0.358 e. The molecule has 1 aliphatic rings. The lowest BCUT2D eigenvalue weighted by Crippen LogP contribution is -2.36. The molecule has 1 fully saturated rings. The van der Waals surface area contributed by atoms with Crippen LogP contribution in [-0.4, -0.2) is 47.3 Å². The highest BCUT2D eigenvalue weighted by Crippen LogP contribution is 2.28. The topological polar surface area (TPSA) is 52.8 Å². The van der Waals surface area contributed by atoms with Crippen molar-refractivity contribution in [3.05, 3.63) is 12.7 Å². The van der Waals surface area contributed by atoms with Gasteiger partial charge in [-0.3, -0.25) is 9.05 Å². The Hall–Kier alpha value is -1.53. The van der Waals surface area contributed by atoms with Crippen LogP contribution in [0.25, 0.3) is 11.2 Å². The van der Waals surface area contributed by atoms with E-state index in [0.29, 0.717) is 4.48 Å². The quantitative estimate of drug-likeness (QED) is 0.773. The summed E-state index contributed by atoms with van der Waals surface area (Å²) in [6.45, 7) is 0.817. The highest BCUT2D eigenvalue weighted by atomic mass is 16.5. The third kappa shape index (κ3) is 2.21. The van der Waals surface area contributed by atoms with Crippen LogP contribution in [0, 0.1) is 0 Å². The van der Waals surface area contributed by atoms with Gasteiger partial charge < -0.3 is 4.74 Å².